The van der Waals surface area contributed by atoms with Crippen LogP contribution in [0.15, 0.2) is 17.5 Å². The summed E-state index contributed by atoms with van der Waals surface area (Å²) in [6.07, 6.45) is 0. The summed E-state index contributed by atoms with van der Waals surface area (Å²) in [5.74, 6) is -0.173. The zero-order valence-corrected chi connectivity index (χ0v) is 7.99. The van der Waals surface area contributed by atoms with Gasteiger partial charge in [-0.25, -0.2) is 4.39 Å². The van der Waals surface area contributed by atoms with Crippen molar-refractivity contribution in [1.82, 2.24) is 0 Å². The predicted octanol–water partition coefficient (Wildman–Crippen LogP) is 2.84. The number of hydrogen-bond donors (Lipinski definition) is 1. The van der Waals surface area contributed by atoms with E-state index in [1.807, 2.05) is 5.38 Å². The molecule has 0 radical (unpaired) electrons. The molecule has 0 aliphatic rings. The molecule has 1 N–H and O–H groups in total. The molecule has 0 amide bonds. The molecule has 68 valence electrons. The smallest absolute Gasteiger partial charge is 0.134 e. The second-order valence-corrected chi connectivity index (χ2v) is 3.90. The topological polar surface area (TPSA) is 20.2 Å². The van der Waals surface area contributed by atoms with E-state index in [1.165, 1.54) is 11.3 Å². The van der Waals surface area contributed by atoms with Gasteiger partial charge in [0, 0.05) is 10.1 Å². The molecular formula is C10H9FOS. The zero-order valence-electron chi connectivity index (χ0n) is 7.17. The summed E-state index contributed by atoms with van der Waals surface area (Å²) in [5, 5.41) is 11.5. The van der Waals surface area contributed by atoms with Gasteiger partial charge in [0.15, 0.2) is 0 Å². The van der Waals surface area contributed by atoms with Crippen LogP contribution >= 0.6 is 11.3 Å². The van der Waals surface area contributed by atoms with Crippen molar-refractivity contribution in [2.75, 3.05) is 0 Å². The van der Waals surface area contributed by atoms with Crippen molar-refractivity contribution in [2.24, 2.45) is 0 Å². The molecule has 13 heavy (non-hydrogen) atoms. The largest absolute Gasteiger partial charge is 0.392 e. The van der Waals surface area contributed by atoms with Crippen molar-refractivity contribution in [3.05, 3.63) is 34.5 Å². The van der Waals surface area contributed by atoms with E-state index in [0.29, 0.717) is 10.9 Å². The minimum absolute atomic E-state index is 0.0296. The molecule has 2 aromatic rings. The summed E-state index contributed by atoms with van der Waals surface area (Å²) in [6.45, 7) is 1.68. The van der Waals surface area contributed by atoms with E-state index >= 15 is 0 Å². The minimum Gasteiger partial charge on any atom is -0.392 e. The van der Waals surface area contributed by atoms with Crippen molar-refractivity contribution in [3.63, 3.8) is 0 Å². The molecule has 0 unspecified atom stereocenters. The standard InChI is InChI=1S/C10H9FOS/c1-6-4-7(5-12)10-8(9(6)11)2-3-13-10/h2-4,12H,5H2,1H3. The number of aliphatic hydroxyl groups is 1. The number of aliphatic hydroxyl groups excluding tert-OH is 1. The van der Waals surface area contributed by atoms with Gasteiger partial charge in [-0.05, 0) is 35.6 Å². The Morgan fingerprint density at radius 1 is 1.54 bits per heavy atom. The van der Waals surface area contributed by atoms with E-state index in [9.17, 15) is 4.39 Å². The monoisotopic (exact) mass is 196 g/mol. The second kappa shape index (κ2) is 3.09. The number of thiophene rings is 1. The average molecular weight is 196 g/mol. The van der Waals surface area contributed by atoms with Gasteiger partial charge in [-0.2, -0.15) is 0 Å². The van der Waals surface area contributed by atoms with Crippen molar-refractivity contribution in [3.8, 4) is 0 Å². The third-order valence-corrected chi connectivity index (χ3v) is 3.09. The van der Waals surface area contributed by atoms with Crippen molar-refractivity contribution >= 4 is 21.4 Å². The van der Waals surface area contributed by atoms with Crippen LogP contribution in [0.25, 0.3) is 10.1 Å². The maximum absolute atomic E-state index is 13.5. The third kappa shape index (κ3) is 1.24. The summed E-state index contributed by atoms with van der Waals surface area (Å²) in [5.41, 5.74) is 1.40. The highest BCUT2D eigenvalue weighted by Gasteiger charge is 2.09. The van der Waals surface area contributed by atoms with Crippen LogP contribution in [0.2, 0.25) is 0 Å². The Bertz CT molecular complexity index is 447. The lowest BCUT2D eigenvalue weighted by Gasteiger charge is -2.03. The first-order chi connectivity index (χ1) is 6.24. The minimum atomic E-state index is -0.173. The molecule has 3 heteroatoms. The Morgan fingerprint density at radius 2 is 2.31 bits per heavy atom. The molecule has 0 saturated carbocycles. The number of rotatable bonds is 1. The van der Waals surface area contributed by atoms with Crippen molar-refractivity contribution in [1.29, 1.82) is 0 Å². The number of aryl methyl sites for hydroxylation is 1. The van der Waals surface area contributed by atoms with Gasteiger partial charge < -0.3 is 5.11 Å². The van der Waals surface area contributed by atoms with Crippen LogP contribution in [0.1, 0.15) is 11.1 Å². The Hall–Kier alpha value is -0.930. The normalized spacial score (nSPS) is 11.0. The van der Waals surface area contributed by atoms with Gasteiger partial charge in [0.25, 0.3) is 0 Å². The molecule has 1 aromatic carbocycles. The van der Waals surface area contributed by atoms with Crippen molar-refractivity contribution in [2.45, 2.75) is 13.5 Å². The van der Waals surface area contributed by atoms with E-state index in [-0.39, 0.29) is 12.4 Å². The fourth-order valence-electron chi connectivity index (χ4n) is 1.45. The lowest BCUT2D eigenvalue weighted by atomic mass is 10.1. The first-order valence-corrected chi connectivity index (χ1v) is 4.88. The molecule has 0 bridgehead atoms. The van der Waals surface area contributed by atoms with Gasteiger partial charge in [0.1, 0.15) is 5.82 Å². The Kier molecular flexibility index (Phi) is 2.06. The number of hydrogen-bond acceptors (Lipinski definition) is 2. The molecule has 1 nitrogen and oxygen atoms in total. The van der Waals surface area contributed by atoms with Crippen LogP contribution in [0, 0.1) is 12.7 Å². The van der Waals surface area contributed by atoms with Gasteiger partial charge >= 0.3 is 0 Å². The van der Waals surface area contributed by atoms with E-state index in [1.54, 1.807) is 19.1 Å². The van der Waals surface area contributed by atoms with E-state index in [0.717, 1.165) is 10.3 Å². The van der Waals surface area contributed by atoms with Crippen LogP contribution in [-0.2, 0) is 6.61 Å². The summed E-state index contributed by atoms with van der Waals surface area (Å²) in [7, 11) is 0. The van der Waals surface area contributed by atoms with Crippen molar-refractivity contribution < 1.29 is 9.50 Å². The summed E-state index contributed by atoms with van der Waals surface area (Å²) in [4.78, 5) is 0. The maximum atomic E-state index is 13.5. The van der Waals surface area contributed by atoms with Crippen LogP contribution in [0.4, 0.5) is 4.39 Å². The Morgan fingerprint density at radius 3 is 3.00 bits per heavy atom. The first kappa shape index (κ1) is 8.66. The van der Waals surface area contributed by atoms with Gasteiger partial charge in [0.05, 0.1) is 6.61 Å². The lowest BCUT2D eigenvalue weighted by Crippen LogP contribution is -1.89. The molecule has 0 aliphatic carbocycles. The predicted molar refractivity (Wildman–Crippen MR) is 52.4 cm³/mol. The third-order valence-electron chi connectivity index (χ3n) is 2.10. The van der Waals surface area contributed by atoms with Crippen LogP contribution in [0.5, 0.6) is 0 Å². The fraction of sp³-hybridized carbons (Fsp3) is 0.200. The van der Waals surface area contributed by atoms with Gasteiger partial charge in [-0.3, -0.25) is 0 Å². The number of benzene rings is 1. The summed E-state index contributed by atoms with van der Waals surface area (Å²) < 4.78 is 14.3. The van der Waals surface area contributed by atoms with Crippen LogP contribution in [-0.4, -0.2) is 5.11 Å². The Labute approximate surface area is 79.4 Å². The maximum Gasteiger partial charge on any atom is 0.134 e. The highest BCUT2D eigenvalue weighted by Crippen LogP contribution is 2.29. The number of halogens is 1. The number of fused-ring (bicyclic) bond motifs is 1. The molecule has 0 aliphatic heterocycles. The summed E-state index contributed by atoms with van der Waals surface area (Å²) >= 11 is 1.46. The Balaban J connectivity index is 2.87. The van der Waals surface area contributed by atoms with Gasteiger partial charge in [-0.1, -0.05) is 0 Å². The highest BCUT2D eigenvalue weighted by atomic mass is 32.1. The first-order valence-electron chi connectivity index (χ1n) is 4.00. The zero-order chi connectivity index (χ0) is 9.42. The van der Waals surface area contributed by atoms with Gasteiger partial charge in [0.2, 0.25) is 0 Å². The molecule has 0 atom stereocenters. The molecular weight excluding hydrogens is 187 g/mol. The SMILES string of the molecule is Cc1cc(CO)c2sccc2c1F. The van der Waals surface area contributed by atoms with E-state index in [2.05, 4.69) is 0 Å². The fourth-order valence-corrected chi connectivity index (χ4v) is 2.35. The lowest BCUT2D eigenvalue weighted by molar-refractivity contribution is 0.283. The highest BCUT2D eigenvalue weighted by molar-refractivity contribution is 7.17. The van der Waals surface area contributed by atoms with Gasteiger partial charge in [-0.15, -0.1) is 11.3 Å². The molecule has 0 fully saturated rings. The van der Waals surface area contributed by atoms with E-state index < -0.39 is 0 Å². The molecule has 0 spiro atoms. The van der Waals surface area contributed by atoms with Crippen LogP contribution < -0.4 is 0 Å². The average Bonchev–Trinajstić information content (AvgIpc) is 2.60. The van der Waals surface area contributed by atoms with Crippen LogP contribution in [0.3, 0.4) is 0 Å². The molecule has 0 saturated heterocycles. The van der Waals surface area contributed by atoms with E-state index in [4.69, 9.17) is 5.11 Å². The molecule has 1 aromatic heterocycles. The second-order valence-electron chi connectivity index (χ2n) is 2.99. The summed E-state index contributed by atoms with van der Waals surface area (Å²) in [6, 6.07) is 3.45. The quantitative estimate of drug-likeness (QED) is 0.743. The molecule has 2 rings (SSSR count). The molecule has 1 heterocycles.